The molecule has 0 spiro atoms. The van der Waals surface area contributed by atoms with Gasteiger partial charge in [0.15, 0.2) is 0 Å². The highest BCUT2D eigenvalue weighted by Crippen LogP contribution is 2.25. The second-order valence-corrected chi connectivity index (χ2v) is 11.8. The Kier molecular flexibility index (Phi) is 8.90. The van der Waals surface area contributed by atoms with E-state index in [1.165, 1.54) is 0 Å². The predicted octanol–water partition coefficient (Wildman–Crippen LogP) is 5.06. The average Bonchev–Trinajstić information content (AvgIpc) is 3.33. The summed E-state index contributed by atoms with van der Waals surface area (Å²) in [5, 5.41) is 9.38. The van der Waals surface area contributed by atoms with E-state index in [1.54, 1.807) is 34.6 Å². The zero-order valence-electron chi connectivity index (χ0n) is 24.7. The Morgan fingerprint density at radius 3 is 2.26 bits per heavy atom. The number of nitrogen functional groups attached to an aromatic ring is 1. The van der Waals surface area contributed by atoms with E-state index in [0.29, 0.717) is 5.69 Å². The summed E-state index contributed by atoms with van der Waals surface area (Å²) in [6.45, 7) is 8.62. The van der Waals surface area contributed by atoms with Gasteiger partial charge in [-0.15, -0.1) is 0 Å². The highest BCUT2D eigenvalue weighted by Gasteiger charge is 2.34. The summed E-state index contributed by atoms with van der Waals surface area (Å²) in [6, 6.07) is 22.3. The van der Waals surface area contributed by atoms with Crippen LogP contribution in [0.5, 0.6) is 0 Å². The number of alkyl carbamates (subject to hydrolysis) is 1. The number of nitrogens with one attached hydrogen (secondary N) is 4. The van der Waals surface area contributed by atoms with Crippen molar-refractivity contribution in [2.45, 2.75) is 64.8 Å². The number of hydrogen-bond donors (Lipinski definition) is 5. The highest BCUT2D eigenvalue weighted by molar-refractivity contribution is 5.94. The number of benzene rings is 3. The molecule has 9 heteroatoms. The third-order valence-corrected chi connectivity index (χ3v) is 6.79. The van der Waals surface area contributed by atoms with E-state index in [0.717, 1.165) is 33.2 Å². The van der Waals surface area contributed by atoms with Gasteiger partial charge < -0.3 is 31.4 Å². The zero-order chi connectivity index (χ0) is 30.5. The molecule has 1 aromatic heterocycles. The van der Waals surface area contributed by atoms with E-state index in [4.69, 9.17) is 10.5 Å². The van der Waals surface area contributed by atoms with Crippen molar-refractivity contribution < 1.29 is 19.1 Å². The third-order valence-electron chi connectivity index (χ3n) is 6.79. The topological polar surface area (TPSA) is 138 Å². The van der Waals surface area contributed by atoms with Crippen LogP contribution in [0.25, 0.3) is 22.0 Å². The van der Waals surface area contributed by atoms with Crippen molar-refractivity contribution in [2.24, 2.45) is 0 Å². The van der Waals surface area contributed by atoms with E-state index in [9.17, 15) is 14.4 Å². The fourth-order valence-electron chi connectivity index (χ4n) is 4.56. The normalized spacial score (nSPS) is 12.4. The van der Waals surface area contributed by atoms with E-state index in [-0.39, 0.29) is 18.9 Å². The van der Waals surface area contributed by atoms with Crippen molar-refractivity contribution in [3.63, 3.8) is 0 Å². The van der Waals surface area contributed by atoms with Gasteiger partial charge in [0.25, 0.3) is 0 Å². The fourth-order valence-corrected chi connectivity index (χ4v) is 4.56. The molecule has 0 aliphatic carbocycles. The molecule has 0 aliphatic heterocycles. The minimum Gasteiger partial charge on any atom is -0.444 e. The maximum absolute atomic E-state index is 13.5. The lowest BCUT2D eigenvalue weighted by atomic mass is 10.0. The molecule has 4 rings (SSSR count). The monoisotopic (exact) mass is 569 g/mol. The SMILES string of the molecule is CC(C)(C)OC(=O)NC(C)(C)C(=O)N[C@H](Cc1c[nH]c2ccccc12)C(=O)NCc1ccc(-c2ccccc2N)cc1. The van der Waals surface area contributed by atoms with Crippen molar-refractivity contribution in [3.8, 4) is 11.1 Å². The summed E-state index contributed by atoms with van der Waals surface area (Å²) in [6.07, 6.45) is 1.37. The summed E-state index contributed by atoms with van der Waals surface area (Å²) in [4.78, 5) is 42.5. The molecule has 0 radical (unpaired) electrons. The molecule has 6 N–H and O–H groups in total. The Balaban J connectivity index is 1.49. The molecular weight excluding hydrogens is 530 g/mol. The maximum Gasteiger partial charge on any atom is 0.408 e. The number of rotatable bonds is 9. The van der Waals surface area contributed by atoms with Crippen molar-refractivity contribution in [3.05, 3.63) is 90.1 Å². The molecule has 42 heavy (non-hydrogen) atoms. The number of carbonyl (C=O) groups excluding carboxylic acids is 3. The summed E-state index contributed by atoms with van der Waals surface area (Å²) >= 11 is 0. The van der Waals surface area contributed by atoms with Gasteiger partial charge >= 0.3 is 6.09 Å². The minimum atomic E-state index is -1.34. The summed E-state index contributed by atoms with van der Waals surface area (Å²) in [5.41, 5.74) is 9.38. The minimum absolute atomic E-state index is 0.246. The molecule has 0 fully saturated rings. The quantitative estimate of drug-likeness (QED) is 0.179. The van der Waals surface area contributed by atoms with Crippen molar-refractivity contribution in [2.75, 3.05) is 5.73 Å². The molecule has 0 bridgehead atoms. The smallest absolute Gasteiger partial charge is 0.408 e. The zero-order valence-corrected chi connectivity index (χ0v) is 24.7. The van der Waals surface area contributed by atoms with Gasteiger partial charge in [0, 0.05) is 41.3 Å². The molecule has 0 saturated carbocycles. The van der Waals surface area contributed by atoms with Gasteiger partial charge in [0.05, 0.1) is 0 Å². The first-order valence-corrected chi connectivity index (χ1v) is 13.9. The molecule has 0 unspecified atom stereocenters. The number of aromatic amines is 1. The molecule has 3 aromatic carbocycles. The summed E-state index contributed by atoms with van der Waals surface area (Å²) in [7, 11) is 0. The van der Waals surface area contributed by atoms with Gasteiger partial charge in [-0.2, -0.15) is 0 Å². The Morgan fingerprint density at radius 1 is 0.905 bits per heavy atom. The fraction of sp³-hybridized carbons (Fsp3) is 0.303. The van der Waals surface area contributed by atoms with Crippen LogP contribution in [0, 0.1) is 0 Å². The molecule has 0 saturated heterocycles. The van der Waals surface area contributed by atoms with Crippen LogP contribution in [-0.4, -0.2) is 40.1 Å². The van der Waals surface area contributed by atoms with Gasteiger partial charge in [-0.05, 0) is 63.4 Å². The first kappa shape index (κ1) is 30.2. The summed E-state index contributed by atoms with van der Waals surface area (Å²) < 4.78 is 5.32. The largest absolute Gasteiger partial charge is 0.444 e. The number of anilines is 1. The molecule has 3 amide bonds. The molecule has 220 valence electrons. The van der Waals surface area contributed by atoms with Crippen molar-refractivity contribution in [1.82, 2.24) is 20.9 Å². The van der Waals surface area contributed by atoms with Gasteiger partial charge in [0.2, 0.25) is 11.8 Å². The van der Waals surface area contributed by atoms with Crippen LogP contribution in [0.1, 0.15) is 45.7 Å². The molecule has 1 heterocycles. The number of para-hydroxylation sites is 2. The Morgan fingerprint density at radius 2 is 1.57 bits per heavy atom. The van der Waals surface area contributed by atoms with Crippen LogP contribution in [0.3, 0.4) is 0 Å². The van der Waals surface area contributed by atoms with Crippen molar-refractivity contribution >= 4 is 34.5 Å². The lowest BCUT2D eigenvalue weighted by Gasteiger charge is -2.29. The van der Waals surface area contributed by atoms with Gasteiger partial charge in [-0.3, -0.25) is 9.59 Å². The predicted molar refractivity (Wildman–Crippen MR) is 166 cm³/mol. The van der Waals surface area contributed by atoms with E-state index in [1.807, 2.05) is 79.0 Å². The second-order valence-electron chi connectivity index (χ2n) is 11.8. The number of ether oxygens (including phenoxy) is 1. The molecular formula is C33H39N5O4. The van der Waals surface area contributed by atoms with Crippen LogP contribution in [0.4, 0.5) is 10.5 Å². The van der Waals surface area contributed by atoms with E-state index in [2.05, 4.69) is 20.9 Å². The van der Waals surface area contributed by atoms with E-state index >= 15 is 0 Å². The highest BCUT2D eigenvalue weighted by atomic mass is 16.6. The van der Waals surface area contributed by atoms with Gasteiger partial charge in [-0.25, -0.2) is 4.79 Å². The third kappa shape index (κ3) is 7.69. The molecule has 0 aliphatic rings. The van der Waals surface area contributed by atoms with Gasteiger partial charge in [0.1, 0.15) is 17.2 Å². The molecule has 9 nitrogen and oxygen atoms in total. The number of amides is 3. The van der Waals surface area contributed by atoms with Crippen LogP contribution in [0.2, 0.25) is 0 Å². The second kappa shape index (κ2) is 12.4. The molecule has 1 atom stereocenters. The Bertz CT molecular complexity index is 1570. The van der Waals surface area contributed by atoms with Gasteiger partial charge in [-0.1, -0.05) is 60.7 Å². The van der Waals surface area contributed by atoms with Crippen LogP contribution < -0.4 is 21.7 Å². The average molecular weight is 570 g/mol. The Hall–Kier alpha value is -4.79. The van der Waals surface area contributed by atoms with Crippen molar-refractivity contribution in [1.29, 1.82) is 0 Å². The first-order chi connectivity index (χ1) is 19.8. The number of carbonyl (C=O) groups is 3. The lowest BCUT2D eigenvalue weighted by molar-refractivity contribution is -0.132. The molecule has 4 aromatic rings. The number of H-pyrrole nitrogens is 1. The lowest BCUT2D eigenvalue weighted by Crippen LogP contribution is -2.59. The first-order valence-electron chi connectivity index (χ1n) is 13.9. The number of nitrogens with two attached hydrogens (primary N) is 1. The van der Waals surface area contributed by atoms with Crippen LogP contribution >= 0.6 is 0 Å². The van der Waals surface area contributed by atoms with Crippen LogP contribution in [-0.2, 0) is 27.3 Å². The summed E-state index contributed by atoms with van der Waals surface area (Å²) in [5.74, 6) is -0.865. The number of hydrogen-bond acceptors (Lipinski definition) is 5. The number of fused-ring (bicyclic) bond motifs is 1. The maximum atomic E-state index is 13.5. The Labute approximate surface area is 246 Å². The standard InChI is InChI=1S/C33H39N5O4/c1-32(2,3)42-31(41)38-33(4,5)30(40)37-28(18-23-20-35-27-13-9-7-11-25(23)27)29(39)36-19-21-14-16-22(17-15-21)24-10-6-8-12-26(24)34/h6-17,20,28,35H,18-19,34H2,1-5H3,(H,36,39)(H,37,40)(H,38,41)/t28-/m1/s1. The van der Waals surface area contributed by atoms with E-state index < -0.39 is 29.2 Å². The number of aromatic nitrogens is 1. The van der Waals surface area contributed by atoms with Crippen LogP contribution in [0.15, 0.2) is 79.0 Å².